The summed E-state index contributed by atoms with van der Waals surface area (Å²) in [5, 5.41) is 7.69. The molecule has 3 aliphatic rings. The fourth-order valence-corrected chi connectivity index (χ4v) is 6.26. The zero-order valence-electron chi connectivity index (χ0n) is 24.4. The highest BCUT2D eigenvalue weighted by Gasteiger charge is 2.35. The number of nitrogens with one attached hydrogen (secondary N) is 2. The predicted octanol–water partition coefficient (Wildman–Crippen LogP) is 3.64. The molecule has 44 heavy (non-hydrogen) atoms. The highest BCUT2D eigenvalue weighted by molar-refractivity contribution is 7.07. The van der Waals surface area contributed by atoms with Crippen molar-refractivity contribution in [1.82, 2.24) is 25.5 Å². The predicted molar refractivity (Wildman–Crippen MR) is 161 cm³/mol. The number of rotatable bonds is 10. The molecule has 2 unspecified atom stereocenters. The van der Waals surface area contributed by atoms with Crippen LogP contribution in [0.1, 0.15) is 83.2 Å². The second kappa shape index (κ2) is 13.1. The number of piperidine rings is 1. The Morgan fingerprint density at radius 3 is 2.52 bits per heavy atom. The lowest BCUT2D eigenvalue weighted by Crippen LogP contribution is -2.51. The summed E-state index contributed by atoms with van der Waals surface area (Å²) in [6, 6.07) is 11.0. The first kappa shape index (κ1) is 29.7. The first-order valence-electron chi connectivity index (χ1n) is 15.0. The molecule has 3 fully saturated rings. The van der Waals surface area contributed by atoms with Crippen LogP contribution in [0.15, 0.2) is 53.5 Å². The maximum absolute atomic E-state index is 13.0. The van der Waals surface area contributed by atoms with Crippen LogP contribution in [-0.2, 0) is 14.3 Å². The van der Waals surface area contributed by atoms with E-state index in [2.05, 4.69) is 32.7 Å². The first-order chi connectivity index (χ1) is 21.3. The number of thiazole rings is 1. The van der Waals surface area contributed by atoms with Gasteiger partial charge in [-0.25, -0.2) is 9.97 Å². The van der Waals surface area contributed by atoms with Crippen LogP contribution in [0.3, 0.4) is 0 Å². The lowest BCUT2D eigenvalue weighted by atomic mass is 10.00. The summed E-state index contributed by atoms with van der Waals surface area (Å²) in [5.74, 6) is -0.450. The van der Waals surface area contributed by atoms with Gasteiger partial charge in [0.1, 0.15) is 29.8 Å². The SMILES string of the molecule is CC(NC(=O)c1cscn1)C(Oc1ccc(C(=O)N[C@H]2CCCN(C(=O)[C@H]3COC(=O)C3)C2)nc1)c1ccc(C2CC2)cc1. The lowest BCUT2D eigenvalue weighted by Gasteiger charge is -2.34. The molecule has 2 N–H and O–H groups in total. The number of nitrogens with zero attached hydrogens (tertiary/aromatic N) is 3. The van der Waals surface area contributed by atoms with Crippen LogP contribution in [0.5, 0.6) is 5.75 Å². The molecule has 0 bridgehead atoms. The normalized spacial score (nSPS) is 21.2. The van der Waals surface area contributed by atoms with Gasteiger partial charge in [0.25, 0.3) is 11.8 Å². The second-order valence-electron chi connectivity index (χ2n) is 11.7. The lowest BCUT2D eigenvalue weighted by molar-refractivity contribution is -0.138. The molecule has 3 amide bonds. The van der Waals surface area contributed by atoms with E-state index in [1.54, 1.807) is 27.9 Å². The Hall–Kier alpha value is -4.32. The summed E-state index contributed by atoms with van der Waals surface area (Å²) >= 11 is 1.36. The number of likely N-dealkylation sites (tertiary alicyclic amines) is 1. The smallest absolute Gasteiger partial charge is 0.306 e. The van der Waals surface area contributed by atoms with Crippen LogP contribution >= 0.6 is 11.3 Å². The molecular formula is C32H35N5O6S. The van der Waals surface area contributed by atoms with Gasteiger partial charge in [-0.15, -0.1) is 11.3 Å². The van der Waals surface area contributed by atoms with Crippen molar-refractivity contribution in [3.8, 4) is 5.75 Å². The number of aromatic nitrogens is 2. The van der Waals surface area contributed by atoms with Crippen LogP contribution in [0.4, 0.5) is 0 Å². The van der Waals surface area contributed by atoms with Gasteiger partial charge in [-0.05, 0) is 61.8 Å². The number of cyclic esters (lactones) is 1. The van der Waals surface area contributed by atoms with Crippen molar-refractivity contribution in [2.24, 2.45) is 5.92 Å². The number of carbonyl (C=O) groups excluding carboxylic acids is 4. The van der Waals surface area contributed by atoms with Gasteiger partial charge in [0.2, 0.25) is 5.91 Å². The van der Waals surface area contributed by atoms with Crippen LogP contribution in [0.25, 0.3) is 0 Å². The van der Waals surface area contributed by atoms with Crippen molar-refractivity contribution >= 4 is 35.0 Å². The quantitative estimate of drug-likeness (QED) is 0.329. The third kappa shape index (κ3) is 7.07. The van der Waals surface area contributed by atoms with E-state index < -0.39 is 18.1 Å². The molecule has 2 aliphatic heterocycles. The number of hydrogen-bond donors (Lipinski definition) is 2. The van der Waals surface area contributed by atoms with Gasteiger partial charge < -0.3 is 25.0 Å². The third-order valence-corrected chi connectivity index (χ3v) is 8.89. The maximum Gasteiger partial charge on any atom is 0.306 e. The molecule has 4 heterocycles. The first-order valence-corrected chi connectivity index (χ1v) is 15.9. The minimum absolute atomic E-state index is 0.105. The van der Waals surface area contributed by atoms with Crippen molar-refractivity contribution in [2.45, 2.75) is 63.1 Å². The van der Waals surface area contributed by atoms with E-state index in [0.29, 0.717) is 30.5 Å². The Morgan fingerprint density at radius 2 is 1.86 bits per heavy atom. The van der Waals surface area contributed by atoms with Gasteiger partial charge in [-0.3, -0.25) is 19.2 Å². The molecule has 3 aromatic rings. The summed E-state index contributed by atoms with van der Waals surface area (Å²) in [4.78, 5) is 60.2. The molecule has 0 spiro atoms. The van der Waals surface area contributed by atoms with Crippen LogP contribution < -0.4 is 15.4 Å². The summed E-state index contributed by atoms with van der Waals surface area (Å²) in [6.07, 6.45) is 5.00. The third-order valence-electron chi connectivity index (χ3n) is 8.30. The number of hydrogen-bond acceptors (Lipinski definition) is 9. The maximum atomic E-state index is 13.0. The number of benzene rings is 1. The van der Waals surface area contributed by atoms with E-state index in [1.807, 2.05) is 19.1 Å². The Kier molecular flexibility index (Phi) is 8.87. The molecule has 1 aromatic carbocycles. The Labute approximate surface area is 259 Å². The highest BCUT2D eigenvalue weighted by Crippen LogP contribution is 2.40. The van der Waals surface area contributed by atoms with Crippen LogP contribution in [0.2, 0.25) is 0 Å². The standard InChI is InChI=1S/C32H35N5O6S/c1-19(35-31(40)27-17-44-18-34-27)29(22-8-6-21(7-9-22)20-4-5-20)43-25-10-11-26(33-14-25)30(39)36-24-3-2-12-37(15-24)32(41)23-13-28(38)42-16-23/h6-11,14,17-20,23-24,29H,2-5,12-13,15-16H2,1H3,(H,35,40)(H,36,39)/t19?,23-,24+,29?/m1/s1. The van der Waals surface area contributed by atoms with Crippen molar-refractivity contribution in [2.75, 3.05) is 19.7 Å². The number of amides is 3. The Bertz CT molecular complexity index is 1490. The minimum Gasteiger partial charge on any atom is -0.482 e. The molecule has 1 aliphatic carbocycles. The van der Waals surface area contributed by atoms with Crippen molar-refractivity contribution < 1.29 is 28.7 Å². The molecule has 2 aromatic heterocycles. The summed E-state index contributed by atoms with van der Waals surface area (Å²) < 4.78 is 11.3. The van der Waals surface area contributed by atoms with Gasteiger partial charge in [0.05, 0.1) is 30.1 Å². The monoisotopic (exact) mass is 617 g/mol. The Balaban J connectivity index is 1.09. The van der Waals surface area contributed by atoms with Crippen molar-refractivity contribution in [1.29, 1.82) is 0 Å². The molecule has 4 atom stereocenters. The van der Waals surface area contributed by atoms with E-state index >= 15 is 0 Å². The molecule has 0 radical (unpaired) electrons. The van der Waals surface area contributed by atoms with E-state index in [4.69, 9.17) is 9.47 Å². The molecular weight excluding hydrogens is 582 g/mol. The molecule has 230 valence electrons. The second-order valence-corrected chi connectivity index (χ2v) is 12.4. The Morgan fingerprint density at radius 1 is 1.05 bits per heavy atom. The zero-order chi connectivity index (χ0) is 30.6. The number of carbonyl (C=O) groups is 4. The number of pyridine rings is 1. The average molecular weight is 618 g/mol. The topological polar surface area (TPSA) is 140 Å². The number of esters is 1. The summed E-state index contributed by atoms with van der Waals surface area (Å²) in [6.45, 7) is 2.97. The van der Waals surface area contributed by atoms with Gasteiger partial charge in [0, 0.05) is 24.5 Å². The highest BCUT2D eigenvalue weighted by atomic mass is 32.1. The fourth-order valence-electron chi connectivity index (χ4n) is 5.73. The molecule has 6 rings (SSSR count). The minimum atomic E-state index is -0.515. The van der Waals surface area contributed by atoms with Gasteiger partial charge in [0.15, 0.2) is 0 Å². The van der Waals surface area contributed by atoms with Crippen molar-refractivity contribution in [3.05, 3.63) is 76.0 Å². The average Bonchev–Trinajstić information content (AvgIpc) is 3.55. The molecule has 11 nitrogen and oxygen atoms in total. The van der Waals surface area contributed by atoms with E-state index in [0.717, 1.165) is 18.4 Å². The van der Waals surface area contributed by atoms with E-state index in [1.165, 1.54) is 35.9 Å². The number of ether oxygens (including phenoxy) is 2. The molecule has 1 saturated carbocycles. The largest absolute Gasteiger partial charge is 0.482 e. The van der Waals surface area contributed by atoms with Gasteiger partial charge in [-0.2, -0.15) is 0 Å². The van der Waals surface area contributed by atoms with Crippen LogP contribution in [-0.4, -0.2) is 70.3 Å². The van der Waals surface area contributed by atoms with Gasteiger partial charge >= 0.3 is 5.97 Å². The van der Waals surface area contributed by atoms with Crippen molar-refractivity contribution in [3.63, 3.8) is 0 Å². The fraction of sp³-hybridized carbons (Fsp3) is 0.438. The van der Waals surface area contributed by atoms with E-state index in [9.17, 15) is 19.2 Å². The van der Waals surface area contributed by atoms with Crippen LogP contribution in [0, 0.1) is 5.92 Å². The molecule has 2 saturated heterocycles. The van der Waals surface area contributed by atoms with E-state index in [-0.39, 0.29) is 48.5 Å². The summed E-state index contributed by atoms with van der Waals surface area (Å²) in [7, 11) is 0. The molecule has 12 heteroatoms. The summed E-state index contributed by atoms with van der Waals surface area (Å²) in [5.41, 5.74) is 4.41. The zero-order valence-corrected chi connectivity index (χ0v) is 25.3. The van der Waals surface area contributed by atoms with Gasteiger partial charge in [-0.1, -0.05) is 24.3 Å².